The van der Waals surface area contributed by atoms with E-state index in [4.69, 9.17) is 4.42 Å². The van der Waals surface area contributed by atoms with Crippen LogP contribution in [0.25, 0.3) is 11.1 Å². The fourth-order valence-electron chi connectivity index (χ4n) is 2.22. The van der Waals surface area contributed by atoms with Crippen molar-refractivity contribution in [2.45, 2.75) is 12.8 Å². The van der Waals surface area contributed by atoms with Gasteiger partial charge in [-0.2, -0.15) is 0 Å². The van der Waals surface area contributed by atoms with Gasteiger partial charge in [0.15, 0.2) is 11.5 Å². The molecular weight excluding hydrogens is 207 g/mol. The van der Waals surface area contributed by atoms with Crippen molar-refractivity contribution in [3.05, 3.63) is 29.9 Å². The highest BCUT2D eigenvalue weighted by molar-refractivity contribution is 5.72. The molecule has 1 aromatic carbocycles. The van der Waals surface area contributed by atoms with Gasteiger partial charge in [0.1, 0.15) is 11.3 Å². The Morgan fingerprint density at radius 3 is 3.06 bits per heavy atom. The number of hydrogen-bond acceptors (Lipinski definition) is 3. The number of fused-ring (bicyclic) bond motifs is 1. The molecule has 16 heavy (non-hydrogen) atoms. The van der Waals surface area contributed by atoms with E-state index >= 15 is 0 Å². The van der Waals surface area contributed by atoms with Gasteiger partial charge in [0, 0.05) is 12.6 Å². The first-order chi connectivity index (χ1) is 7.74. The van der Waals surface area contributed by atoms with Crippen LogP contribution in [0.15, 0.2) is 22.6 Å². The lowest BCUT2D eigenvalue weighted by atomic mass is 9.98. The molecule has 1 aliphatic rings. The van der Waals surface area contributed by atoms with Crippen molar-refractivity contribution in [2.24, 2.45) is 5.92 Å². The van der Waals surface area contributed by atoms with Gasteiger partial charge in [0.25, 0.3) is 0 Å². The first-order valence-electron chi connectivity index (χ1n) is 5.51. The van der Waals surface area contributed by atoms with E-state index in [2.05, 4.69) is 17.2 Å². The second-order valence-corrected chi connectivity index (χ2v) is 4.41. The lowest BCUT2D eigenvalue weighted by Gasteiger charge is -2.08. The van der Waals surface area contributed by atoms with Gasteiger partial charge in [0.2, 0.25) is 0 Å². The normalized spacial score (nSPS) is 25.4. The van der Waals surface area contributed by atoms with Crippen molar-refractivity contribution in [2.75, 3.05) is 13.1 Å². The molecule has 0 aliphatic carbocycles. The predicted molar refractivity (Wildman–Crippen MR) is 58.7 cm³/mol. The smallest absolute Gasteiger partial charge is 0.200 e. The summed E-state index contributed by atoms with van der Waals surface area (Å²) in [6, 6.07) is 4.44. The molecule has 3 nitrogen and oxygen atoms in total. The van der Waals surface area contributed by atoms with E-state index in [-0.39, 0.29) is 5.82 Å². The molecule has 0 saturated carbocycles. The zero-order chi connectivity index (χ0) is 11.1. The van der Waals surface area contributed by atoms with E-state index in [9.17, 15) is 4.39 Å². The maximum Gasteiger partial charge on any atom is 0.200 e. The SMILES string of the molecule is C[C@@H]1CNC[C@H]1c1nc2cc(F)ccc2o1. The summed E-state index contributed by atoms with van der Waals surface area (Å²) in [6.45, 7) is 4.04. The van der Waals surface area contributed by atoms with E-state index in [1.165, 1.54) is 12.1 Å². The third kappa shape index (κ3) is 1.50. The Morgan fingerprint density at radius 1 is 1.44 bits per heavy atom. The van der Waals surface area contributed by atoms with Crippen LogP contribution in [0.4, 0.5) is 4.39 Å². The number of benzene rings is 1. The molecule has 0 amide bonds. The van der Waals surface area contributed by atoms with Crippen LogP contribution in [0.5, 0.6) is 0 Å². The fourth-order valence-corrected chi connectivity index (χ4v) is 2.22. The summed E-state index contributed by atoms with van der Waals surface area (Å²) < 4.78 is 18.7. The molecule has 0 spiro atoms. The largest absolute Gasteiger partial charge is 0.440 e. The van der Waals surface area contributed by atoms with Gasteiger partial charge in [-0.15, -0.1) is 0 Å². The summed E-state index contributed by atoms with van der Waals surface area (Å²) in [5, 5.41) is 3.30. The van der Waals surface area contributed by atoms with Crippen molar-refractivity contribution in [3.63, 3.8) is 0 Å². The molecule has 2 heterocycles. The molecule has 2 atom stereocenters. The topological polar surface area (TPSA) is 38.1 Å². The lowest BCUT2D eigenvalue weighted by molar-refractivity contribution is 0.435. The Balaban J connectivity index is 2.04. The van der Waals surface area contributed by atoms with Crippen LogP contribution >= 0.6 is 0 Å². The van der Waals surface area contributed by atoms with Gasteiger partial charge >= 0.3 is 0 Å². The number of nitrogens with one attached hydrogen (secondary N) is 1. The molecule has 2 aromatic rings. The molecular formula is C12H13FN2O. The van der Waals surface area contributed by atoms with Crippen molar-refractivity contribution < 1.29 is 8.81 Å². The number of hydrogen-bond donors (Lipinski definition) is 1. The number of rotatable bonds is 1. The summed E-state index contributed by atoms with van der Waals surface area (Å²) in [7, 11) is 0. The van der Waals surface area contributed by atoms with E-state index in [1.807, 2.05) is 0 Å². The standard InChI is InChI=1S/C12H13FN2O/c1-7-5-14-6-9(7)12-15-10-4-8(13)2-3-11(10)16-12/h2-4,7,9,14H,5-6H2,1H3/t7-,9-/m1/s1. The Morgan fingerprint density at radius 2 is 2.31 bits per heavy atom. The van der Waals surface area contributed by atoms with Crippen LogP contribution < -0.4 is 5.32 Å². The average molecular weight is 220 g/mol. The molecule has 0 bridgehead atoms. The third-order valence-corrected chi connectivity index (χ3v) is 3.20. The number of oxazole rings is 1. The van der Waals surface area contributed by atoms with Gasteiger partial charge in [-0.3, -0.25) is 0 Å². The maximum absolute atomic E-state index is 13.0. The van der Waals surface area contributed by atoms with E-state index < -0.39 is 0 Å². The minimum atomic E-state index is -0.273. The number of nitrogens with zero attached hydrogens (tertiary/aromatic N) is 1. The van der Waals surface area contributed by atoms with Crippen LogP contribution in [-0.4, -0.2) is 18.1 Å². The highest BCUT2D eigenvalue weighted by Gasteiger charge is 2.28. The molecule has 84 valence electrons. The molecule has 1 saturated heterocycles. The van der Waals surface area contributed by atoms with Gasteiger partial charge < -0.3 is 9.73 Å². The van der Waals surface area contributed by atoms with Crippen LogP contribution in [0.3, 0.4) is 0 Å². The minimum absolute atomic E-state index is 0.273. The highest BCUT2D eigenvalue weighted by atomic mass is 19.1. The third-order valence-electron chi connectivity index (χ3n) is 3.20. The Bertz CT molecular complexity index is 523. The van der Waals surface area contributed by atoms with Crippen LogP contribution in [-0.2, 0) is 0 Å². The molecule has 1 aliphatic heterocycles. The van der Waals surface area contributed by atoms with E-state index in [0.29, 0.717) is 22.9 Å². The van der Waals surface area contributed by atoms with Gasteiger partial charge in [-0.05, 0) is 24.6 Å². The molecule has 3 rings (SSSR count). The monoisotopic (exact) mass is 220 g/mol. The van der Waals surface area contributed by atoms with E-state index in [0.717, 1.165) is 19.0 Å². The molecule has 1 aromatic heterocycles. The predicted octanol–water partition coefficient (Wildman–Crippen LogP) is 2.29. The number of aromatic nitrogens is 1. The lowest BCUT2D eigenvalue weighted by Crippen LogP contribution is -2.08. The van der Waals surface area contributed by atoms with Gasteiger partial charge in [-0.25, -0.2) is 9.37 Å². The van der Waals surface area contributed by atoms with Crippen LogP contribution in [0, 0.1) is 11.7 Å². The quantitative estimate of drug-likeness (QED) is 0.801. The first-order valence-corrected chi connectivity index (χ1v) is 5.51. The second-order valence-electron chi connectivity index (χ2n) is 4.41. The Hall–Kier alpha value is -1.42. The molecule has 0 unspecified atom stereocenters. The minimum Gasteiger partial charge on any atom is -0.440 e. The molecule has 0 radical (unpaired) electrons. The van der Waals surface area contributed by atoms with Crippen molar-refractivity contribution in [1.29, 1.82) is 0 Å². The summed E-state index contributed by atoms with van der Waals surface area (Å²) in [5.74, 6) is 1.26. The highest BCUT2D eigenvalue weighted by Crippen LogP contribution is 2.29. The zero-order valence-electron chi connectivity index (χ0n) is 9.03. The first kappa shape index (κ1) is 9.78. The van der Waals surface area contributed by atoms with Crippen molar-refractivity contribution >= 4 is 11.1 Å². The van der Waals surface area contributed by atoms with Crippen LogP contribution in [0.2, 0.25) is 0 Å². The van der Waals surface area contributed by atoms with Crippen molar-refractivity contribution in [3.8, 4) is 0 Å². The van der Waals surface area contributed by atoms with Crippen LogP contribution in [0.1, 0.15) is 18.7 Å². The molecule has 1 fully saturated rings. The summed E-state index contributed by atoms with van der Waals surface area (Å²) in [4.78, 5) is 4.36. The van der Waals surface area contributed by atoms with Gasteiger partial charge in [-0.1, -0.05) is 6.92 Å². The Labute approximate surface area is 92.7 Å². The summed E-state index contributed by atoms with van der Waals surface area (Å²) in [6.07, 6.45) is 0. The molecule has 4 heteroatoms. The van der Waals surface area contributed by atoms with E-state index in [1.54, 1.807) is 6.07 Å². The average Bonchev–Trinajstić information content (AvgIpc) is 2.82. The van der Waals surface area contributed by atoms with Crippen molar-refractivity contribution in [1.82, 2.24) is 10.3 Å². The summed E-state index contributed by atoms with van der Waals surface area (Å²) in [5.41, 5.74) is 1.27. The second kappa shape index (κ2) is 3.56. The molecule has 1 N–H and O–H groups in total. The van der Waals surface area contributed by atoms with Gasteiger partial charge in [0.05, 0.1) is 5.92 Å². The number of halogens is 1. The maximum atomic E-state index is 13.0. The zero-order valence-corrected chi connectivity index (χ0v) is 9.03. The summed E-state index contributed by atoms with van der Waals surface area (Å²) >= 11 is 0. The Kier molecular flexibility index (Phi) is 2.17. The fraction of sp³-hybridized carbons (Fsp3) is 0.417.